The molecule has 0 spiro atoms. The van der Waals surface area contributed by atoms with Gasteiger partial charge in [0.1, 0.15) is 12.4 Å². The number of halogens is 2. The first-order chi connectivity index (χ1) is 11.5. The lowest BCUT2D eigenvalue weighted by Gasteiger charge is -2.11. The Morgan fingerprint density at radius 3 is 2.50 bits per heavy atom. The van der Waals surface area contributed by atoms with E-state index < -0.39 is 11.8 Å². The summed E-state index contributed by atoms with van der Waals surface area (Å²) in [5.74, 6) is 0.136. The quantitative estimate of drug-likeness (QED) is 0.539. The van der Waals surface area contributed by atoms with Gasteiger partial charge in [-0.2, -0.15) is 0 Å². The Morgan fingerprint density at radius 1 is 1.17 bits per heavy atom. The number of ether oxygens (including phenoxy) is 3. The molecule has 0 atom stereocenters. The number of rotatable bonds is 6. The summed E-state index contributed by atoms with van der Waals surface area (Å²) in [5.41, 5.74) is 1.04. The summed E-state index contributed by atoms with van der Waals surface area (Å²) in [4.78, 5) is 11.8. The van der Waals surface area contributed by atoms with Gasteiger partial charge in [-0.05, 0) is 24.3 Å². The minimum atomic E-state index is -0.570. The molecular formula is C18H16BrFO4. The molecule has 0 unspecified atom stereocenters. The van der Waals surface area contributed by atoms with Crippen molar-refractivity contribution < 1.29 is 23.4 Å². The third-order valence-electron chi connectivity index (χ3n) is 3.23. The Balaban J connectivity index is 2.03. The number of esters is 1. The molecule has 0 aliphatic rings. The molecule has 0 saturated heterocycles. The van der Waals surface area contributed by atoms with E-state index in [1.54, 1.807) is 30.3 Å². The molecule has 0 aliphatic carbocycles. The summed E-state index contributed by atoms with van der Waals surface area (Å²) in [7, 11) is 3.07. The fraction of sp³-hybridized carbons (Fsp3) is 0.167. The van der Waals surface area contributed by atoms with Crippen LogP contribution in [0.25, 0.3) is 6.08 Å². The van der Waals surface area contributed by atoms with Gasteiger partial charge in [0.15, 0.2) is 11.5 Å². The SMILES string of the molecule is COc1cc(Br)c(COC(=O)/C=C/c2ccccc2F)cc1OC. The van der Waals surface area contributed by atoms with E-state index in [1.807, 2.05) is 0 Å². The van der Waals surface area contributed by atoms with Crippen molar-refractivity contribution >= 4 is 28.0 Å². The van der Waals surface area contributed by atoms with Crippen molar-refractivity contribution in [2.24, 2.45) is 0 Å². The summed E-state index contributed by atoms with van der Waals surface area (Å²) >= 11 is 3.39. The van der Waals surface area contributed by atoms with Crippen LogP contribution < -0.4 is 9.47 Å². The van der Waals surface area contributed by atoms with Crippen molar-refractivity contribution in [1.82, 2.24) is 0 Å². The van der Waals surface area contributed by atoms with Gasteiger partial charge in [-0.15, -0.1) is 0 Å². The molecule has 126 valence electrons. The van der Waals surface area contributed by atoms with E-state index in [9.17, 15) is 9.18 Å². The first-order valence-electron chi connectivity index (χ1n) is 7.05. The first-order valence-corrected chi connectivity index (χ1v) is 7.84. The van der Waals surface area contributed by atoms with Crippen LogP contribution in [0.4, 0.5) is 4.39 Å². The highest BCUT2D eigenvalue weighted by atomic mass is 79.9. The maximum absolute atomic E-state index is 13.5. The molecule has 0 amide bonds. The molecule has 2 rings (SSSR count). The lowest BCUT2D eigenvalue weighted by molar-refractivity contribution is -0.138. The van der Waals surface area contributed by atoms with Crippen LogP contribution >= 0.6 is 15.9 Å². The predicted molar refractivity (Wildman–Crippen MR) is 92.5 cm³/mol. The lowest BCUT2D eigenvalue weighted by atomic mass is 10.2. The van der Waals surface area contributed by atoms with Crippen molar-refractivity contribution in [1.29, 1.82) is 0 Å². The van der Waals surface area contributed by atoms with Gasteiger partial charge in [0, 0.05) is 21.7 Å². The number of hydrogen-bond acceptors (Lipinski definition) is 4. The fourth-order valence-corrected chi connectivity index (χ4v) is 2.41. The molecule has 0 fully saturated rings. The Bertz CT molecular complexity index is 759. The molecule has 0 radical (unpaired) electrons. The largest absolute Gasteiger partial charge is 0.493 e. The smallest absolute Gasteiger partial charge is 0.331 e. The van der Waals surface area contributed by atoms with E-state index in [4.69, 9.17) is 14.2 Å². The minimum Gasteiger partial charge on any atom is -0.493 e. The highest BCUT2D eigenvalue weighted by Crippen LogP contribution is 2.33. The third kappa shape index (κ3) is 4.58. The van der Waals surface area contributed by atoms with Crippen molar-refractivity contribution in [3.8, 4) is 11.5 Å². The van der Waals surface area contributed by atoms with Crippen molar-refractivity contribution in [3.05, 3.63) is 63.9 Å². The fourth-order valence-electron chi connectivity index (χ4n) is 1.97. The number of carbonyl (C=O) groups excluding carboxylic acids is 1. The van der Waals surface area contributed by atoms with Gasteiger partial charge in [-0.25, -0.2) is 9.18 Å². The summed E-state index contributed by atoms with van der Waals surface area (Å²) in [5, 5.41) is 0. The van der Waals surface area contributed by atoms with Crippen LogP contribution in [0.2, 0.25) is 0 Å². The van der Waals surface area contributed by atoms with Gasteiger partial charge in [0.2, 0.25) is 0 Å². The monoisotopic (exact) mass is 394 g/mol. The predicted octanol–water partition coefficient (Wildman–Crippen LogP) is 4.36. The molecule has 0 bridgehead atoms. The summed E-state index contributed by atoms with van der Waals surface area (Å²) < 4.78 is 29.8. The molecule has 24 heavy (non-hydrogen) atoms. The van der Waals surface area contributed by atoms with E-state index >= 15 is 0 Å². The number of carbonyl (C=O) groups is 1. The lowest BCUT2D eigenvalue weighted by Crippen LogP contribution is -2.02. The van der Waals surface area contributed by atoms with Gasteiger partial charge in [-0.1, -0.05) is 34.1 Å². The second-order valence-electron chi connectivity index (χ2n) is 4.76. The van der Waals surface area contributed by atoms with E-state index in [-0.39, 0.29) is 6.61 Å². The van der Waals surface area contributed by atoms with Crippen molar-refractivity contribution in [2.45, 2.75) is 6.61 Å². The van der Waals surface area contributed by atoms with Crippen molar-refractivity contribution in [3.63, 3.8) is 0 Å². The standard InChI is InChI=1S/C18H16BrFO4/c1-22-16-9-13(14(19)10-17(16)23-2)11-24-18(21)8-7-12-5-3-4-6-15(12)20/h3-10H,11H2,1-2H3/b8-7+. The zero-order chi connectivity index (χ0) is 17.5. The average molecular weight is 395 g/mol. The highest BCUT2D eigenvalue weighted by Gasteiger charge is 2.11. The molecule has 0 N–H and O–H groups in total. The highest BCUT2D eigenvalue weighted by molar-refractivity contribution is 9.10. The van der Waals surface area contributed by atoms with Crippen LogP contribution in [0.1, 0.15) is 11.1 Å². The van der Waals surface area contributed by atoms with Crippen LogP contribution in [0, 0.1) is 5.82 Å². The molecule has 2 aromatic rings. The van der Waals surface area contributed by atoms with Gasteiger partial charge in [0.05, 0.1) is 14.2 Å². The van der Waals surface area contributed by atoms with Crippen LogP contribution in [0.3, 0.4) is 0 Å². The van der Waals surface area contributed by atoms with Gasteiger partial charge >= 0.3 is 5.97 Å². The topological polar surface area (TPSA) is 44.8 Å². The molecular weight excluding hydrogens is 379 g/mol. The van der Waals surface area contributed by atoms with Crippen LogP contribution in [0.5, 0.6) is 11.5 Å². The van der Waals surface area contributed by atoms with Gasteiger partial charge in [0.25, 0.3) is 0 Å². The Kier molecular flexibility index (Phi) is 6.37. The van der Waals surface area contributed by atoms with Gasteiger partial charge in [-0.3, -0.25) is 0 Å². The molecule has 0 aromatic heterocycles. The molecule has 2 aromatic carbocycles. The Hall–Kier alpha value is -2.34. The maximum atomic E-state index is 13.5. The van der Waals surface area contributed by atoms with E-state index in [0.29, 0.717) is 17.1 Å². The van der Waals surface area contributed by atoms with Crippen LogP contribution in [-0.2, 0) is 16.1 Å². The number of methoxy groups -OCH3 is 2. The van der Waals surface area contributed by atoms with Crippen LogP contribution in [0.15, 0.2) is 46.9 Å². The van der Waals surface area contributed by atoms with E-state index in [2.05, 4.69) is 15.9 Å². The first kappa shape index (κ1) is 18.0. The zero-order valence-electron chi connectivity index (χ0n) is 13.2. The molecule has 0 saturated carbocycles. The number of benzene rings is 2. The van der Waals surface area contributed by atoms with E-state index in [1.165, 1.54) is 32.4 Å². The maximum Gasteiger partial charge on any atom is 0.331 e. The Labute approximate surface area is 148 Å². The zero-order valence-corrected chi connectivity index (χ0v) is 14.8. The molecule has 6 heteroatoms. The summed E-state index contributed by atoms with van der Waals surface area (Å²) in [6.45, 7) is 0.0430. The minimum absolute atomic E-state index is 0.0430. The number of hydrogen-bond donors (Lipinski definition) is 0. The Morgan fingerprint density at radius 2 is 1.83 bits per heavy atom. The third-order valence-corrected chi connectivity index (χ3v) is 3.96. The second kappa shape index (κ2) is 8.49. The summed E-state index contributed by atoms with van der Waals surface area (Å²) in [6.07, 6.45) is 2.56. The van der Waals surface area contributed by atoms with E-state index in [0.717, 1.165) is 10.0 Å². The second-order valence-corrected chi connectivity index (χ2v) is 5.62. The normalized spacial score (nSPS) is 10.7. The molecule has 0 heterocycles. The average Bonchev–Trinajstić information content (AvgIpc) is 2.59. The van der Waals surface area contributed by atoms with Crippen LogP contribution in [-0.4, -0.2) is 20.2 Å². The molecule has 4 nitrogen and oxygen atoms in total. The van der Waals surface area contributed by atoms with Crippen molar-refractivity contribution in [2.75, 3.05) is 14.2 Å². The van der Waals surface area contributed by atoms with Gasteiger partial charge < -0.3 is 14.2 Å². The summed E-state index contributed by atoms with van der Waals surface area (Å²) in [6, 6.07) is 9.62. The molecule has 0 aliphatic heterocycles.